The standard InChI is InChI=1S/C22H32N2O3/c1-15-18-12-8-11-17(18)13-24(15)20(25)19(22(2,3)4)23-21(26)27-14-16-9-6-5-7-10-16/h5-7,9-10,15,17-19H,8,11-14H2,1-4H3,(H,23,26). The minimum atomic E-state index is -0.595. The number of carbonyl (C=O) groups excluding carboxylic acids is 2. The van der Waals surface area contributed by atoms with Gasteiger partial charge in [0.1, 0.15) is 12.6 Å². The SMILES string of the molecule is CC1C2CCCC2CN1C(=O)C(NC(=O)OCc1ccccc1)C(C)(C)C. The van der Waals surface area contributed by atoms with Crippen molar-refractivity contribution < 1.29 is 14.3 Å². The number of nitrogens with one attached hydrogen (secondary N) is 1. The second-order valence-electron chi connectivity index (χ2n) is 9.09. The molecular formula is C22H32N2O3. The highest BCUT2D eigenvalue weighted by atomic mass is 16.5. The summed E-state index contributed by atoms with van der Waals surface area (Å²) in [6.45, 7) is 9.11. The van der Waals surface area contributed by atoms with E-state index in [4.69, 9.17) is 4.74 Å². The van der Waals surface area contributed by atoms with Gasteiger partial charge < -0.3 is 15.0 Å². The van der Waals surface area contributed by atoms with Crippen molar-refractivity contribution in [3.05, 3.63) is 35.9 Å². The molecule has 3 rings (SSSR count). The van der Waals surface area contributed by atoms with Crippen LogP contribution in [0.3, 0.4) is 0 Å². The first-order chi connectivity index (χ1) is 12.8. The predicted octanol–water partition coefficient (Wildman–Crippen LogP) is 3.97. The van der Waals surface area contributed by atoms with E-state index in [0.717, 1.165) is 12.1 Å². The number of amides is 2. The zero-order valence-electron chi connectivity index (χ0n) is 16.9. The first kappa shape index (κ1) is 19.7. The summed E-state index contributed by atoms with van der Waals surface area (Å²) in [5, 5.41) is 2.84. The molecule has 1 aliphatic heterocycles. The van der Waals surface area contributed by atoms with Gasteiger partial charge in [-0.1, -0.05) is 57.5 Å². The Morgan fingerprint density at radius 2 is 1.93 bits per heavy atom. The van der Waals surface area contributed by atoms with E-state index in [2.05, 4.69) is 12.2 Å². The number of carbonyl (C=O) groups is 2. The fourth-order valence-corrected chi connectivity index (χ4v) is 4.57. The van der Waals surface area contributed by atoms with E-state index in [1.807, 2.05) is 56.0 Å². The van der Waals surface area contributed by atoms with Crippen LogP contribution in [-0.2, 0) is 16.1 Å². The van der Waals surface area contributed by atoms with Crippen molar-refractivity contribution in [2.45, 2.75) is 65.6 Å². The maximum atomic E-state index is 13.3. The largest absolute Gasteiger partial charge is 0.445 e. The van der Waals surface area contributed by atoms with E-state index in [0.29, 0.717) is 11.8 Å². The van der Waals surface area contributed by atoms with Crippen molar-refractivity contribution in [1.82, 2.24) is 10.2 Å². The van der Waals surface area contributed by atoms with Crippen LogP contribution in [0.25, 0.3) is 0 Å². The molecule has 4 unspecified atom stereocenters. The highest BCUT2D eigenvalue weighted by Gasteiger charge is 2.47. The molecule has 4 atom stereocenters. The Balaban J connectivity index is 1.63. The minimum absolute atomic E-state index is 0.0149. The second-order valence-corrected chi connectivity index (χ2v) is 9.09. The molecule has 1 aromatic rings. The van der Waals surface area contributed by atoms with Gasteiger partial charge in [0.2, 0.25) is 5.91 Å². The molecule has 5 heteroatoms. The van der Waals surface area contributed by atoms with Crippen LogP contribution in [0.4, 0.5) is 4.79 Å². The average Bonchev–Trinajstić information content (AvgIpc) is 3.20. The second kappa shape index (κ2) is 7.91. The van der Waals surface area contributed by atoms with Gasteiger partial charge >= 0.3 is 6.09 Å². The van der Waals surface area contributed by atoms with Crippen molar-refractivity contribution in [3.63, 3.8) is 0 Å². The fourth-order valence-electron chi connectivity index (χ4n) is 4.57. The van der Waals surface area contributed by atoms with E-state index in [-0.39, 0.29) is 24.0 Å². The van der Waals surface area contributed by atoms with Crippen LogP contribution in [0.15, 0.2) is 30.3 Å². The topological polar surface area (TPSA) is 58.6 Å². The number of fused-ring (bicyclic) bond motifs is 1. The van der Waals surface area contributed by atoms with E-state index >= 15 is 0 Å². The van der Waals surface area contributed by atoms with Gasteiger partial charge in [-0.05, 0) is 42.6 Å². The summed E-state index contributed by atoms with van der Waals surface area (Å²) in [5.41, 5.74) is 0.535. The maximum absolute atomic E-state index is 13.3. The molecule has 1 aliphatic carbocycles. The van der Waals surface area contributed by atoms with Crippen LogP contribution in [0.2, 0.25) is 0 Å². The summed E-state index contributed by atoms with van der Waals surface area (Å²) in [6, 6.07) is 9.20. The number of alkyl carbamates (subject to hydrolysis) is 1. The van der Waals surface area contributed by atoms with Crippen molar-refractivity contribution in [2.75, 3.05) is 6.54 Å². The molecule has 148 valence electrons. The minimum Gasteiger partial charge on any atom is -0.445 e. The smallest absolute Gasteiger partial charge is 0.408 e. The molecular weight excluding hydrogens is 340 g/mol. The van der Waals surface area contributed by atoms with E-state index in [9.17, 15) is 9.59 Å². The molecule has 0 radical (unpaired) electrons. The molecule has 2 amide bonds. The molecule has 2 fully saturated rings. The number of nitrogens with zero attached hydrogens (tertiary/aromatic N) is 1. The van der Waals surface area contributed by atoms with Gasteiger partial charge in [0.15, 0.2) is 0 Å². The lowest BCUT2D eigenvalue weighted by molar-refractivity contribution is -0.137. The zero-order chi connectivity index (χ0) is 19.6. The highest BCUT2D eigenvalue weighted by Crippen LogP contribution is 2.42. The summed E-state index contributed by atoms with van der Waals surface area (Å²) < 4.78 is 5.35. The molecule has 1 saturated heterocycles. The molecule has 0 aromatic heterocycles. The van der Waals surface area contributed by atoms with E-state index < -0.39 is 12.1 Å². The Hall–Kier alpha value is -2.04. The van der Waals surface area contributed by atoms with Crippen molar-refractivity contribution in [2.24, 2.45) is 17.3 Å². The zero-order valence-corrected chi connectivity index (χ0v) is 16.9. The van der Waals surface area contributed by atoms with E-state index in [1.54, 1.807) is 0 Å². The molecule has 0 spiro atoms. The molecule has 0 bridgehead atoms. The first-order valence-corrected chi connectivity index (χ1v) is 10.0. The lowest BCUT2D eigenvalue weighted by Crippen LogP contribution is -2.55. The average molecular weight is 373 g/mol. The van der Waals surface area contributed by atoms with Gasteiger partial charge in [0, 0.05) is 12.6 Å². The summed E-state index contributed by atoms with van der Waals surface area (Å²) >= 11 is 0. The third-order valence-electron chi connectivity index (χ3n) is 6.13. The molecule has 1 heterocycles. The van der Waals surface area contributed by atoms with Crippen LogP contribution in [-0.4, -0.2) is 35.5 Å². The Kier molecular flexibility index (Phi) is 5.78. The molecule has 1 N–H and O–H groups in total. The Bertz CT molecular complexity index is 668. The van der Waals surface area contributed by atoms with Gasteiger partial charge in [0.05, 0.1) is 0 Å². The quantitative estimate of drug-likeness (QED) is 0.870. The molecule has 2 aliphatic rings. The van der Waals surface area contributed by atoms with Crippen LogP contribution in [0, 0.1) is 17.3 Å². The van der Waals surface area contributed by atoms with Crippen molar-refractivity contribution in [3.8, 4) is 0 Å². The van der Waals surface area contributed by atoms with Gasteiger partial charge in [-0.2, -0.15) is 0 Å². The number of likely N-dealkylation sites (tertiary alicyclic amines) is 1. The molecule has 1 saturated carbocycles. The monoisotopic (exact) mass is 372 g/mol. The highest BCUT2D eigenvalue weighted by molar-refractivity contribution is 5.87. The molecule has 1 aromatic carbocycles. The first-order valence-electron chi connectivity index (χ1n) is 10.0. The number of ether oxygens (including phenoxy) is 1. The molecule has 5 nitrogen and oxygen atoms in total. The summed E-state index contributed by atoms with van der Waals surface area (Å²) in [7, 11) is 0. The predicted molar refractivity (Wildman–Crippen MR) is 105 cm³/mol. The third kappa shape index (κ3) is 4.45. The summed E-state index contributed by atoms with van der Waals surface area (Å²) in [4.78, 5) is 27.7. The van der Waals surface area contributed by atoms with Crippen LogP contribution in [0.5, 0.6) is 0 Å². The van der Waals surface area contributed by atoms with Crippen molar-refractivity contribution >= 4 is 12.0 Å². The fraction of sp³-hybridized carbons (Fsp3) is 0.636. The lowest BCUT2D eigenvalue weighted by Gasteiger charge is -2.35. The molecule has 27 heavy (non-hydrogen) atoms. The maximum Gasteiger partial charge on any atom is 0.408 e. The number of hydrogen-bond acceptors (Lipinski definition) is 3. The van der Waals surface area contributed by atoms with Gasteiger partial charge in [-0.15, -0.1) is 0 Å². The Morgan fingerprint density at radius 3 is 2.56 bits per heavy atom. The van der Waals surface area contributed by atoms with E-state index in [1.165, 1.54) is 19.3 Å². The van der Waals surface area contributed by atoms with Crippen LogP contribution >= 0.6 is 0 Å². The summed E-state index contributed by atoms with van der Waals surface area (Å²) in [6.07, 6.45) is 3.15. The Labute approximate surface area is 162 Å². The lowest BCUT2D eigenvalue weighted by atomic mass is 9.85. The third-order valence-corrected chi connectivity index (χ3v) is 6.13. The van der Waals surface area contributed by atoms with Gasteiger partial charge in [-0.3, -0.25) is 4.79 Å². The van der Waals surface area contributed by atoms with Crippen LogP contribution in [0.1, 0.15) is 52.5 Å². The summed E-state index contributed by atoms with van der Waals surface area (Å²) in [5.74, 6) is 1.25. The van der Waals surface area contributed by atoms with Gasteiger partial charge in [0.25, 0.3) is 0 Å². The van der Waals surface area contributed by atoms with Gasteiger partial charge in [-0.25, -0.2) is 4.79 Å². The Morgan fingerprint density at radius 1 is 1.22 bits per heavy atom. The van der Waals surface area contributed by atoms with Crippen LogP contribution < -0.4 is 5.32 Å². The number of hydrogen-bond donors (Lipinski definition) is 1. The number of rotatable bonds is 4. The van der Waals surface area contributed by atoms with Crippen molar-refractivity contribution in [1.29, 1.82) is 0 Å². The normalized spacial score (nSPS) is 25.8. The number of benzene rings is 1.